The second-order valence-corrected chi connectivity index (χ2v) is 6.68. The average molecular weight is 350 g/mol. The molecule has 0 atom stereocenters. The van der Waals surface area contributed by atoms with Crippen LogP contribution >= 0.6 is 11.6 Å². The third-order valence-corrected chi connectivity index (χ3v) is 4.26. The summed E-state index contributed by atoms with van der Waals surface area (Å²) in [6.07, 6.45) is 1.06. The van der Waals surface area contributed by atoms with Crippen LogP contribution in [-0.2, 0) is 0 Å². The predicted molar refractivity (Wildman–Crippen MR) is 104 cm³/mol. The molecule has 0 amide bonds. The van der Waals surface area contributed by atoms with Gasteiger partial charge in [0, 0.05) is 43.4 Å². The first-order valence-corrected chi connectivity index (χ1v) is 8.83. The minimum absolute atomic E-state index is 0.503. The fourth-order valence-corrected chi connectivity index (χ4v) is 2.88. The molecule has 5 nitrogen and oxygen atoms in total. The van der Waals surface area contributed by atoms with Gasteiger partial charge in [-0.3, -0.25) is 4.90 Å². The summed E-state index contributed by atoms with van der Waals surface area (Å²) in [6.45, 7) is 12.5. The van der Waals surface area contributed by atoms with Crippen molar-refractivity contribution in [1.29, 1.82) is 0 Å². The van der Waals surface area contributed by atoms with Gasteiger partial charge in [0.25, 0.3) is 0 Å². The summed E-state index contributed by atoms with van der Waals surface area (Å²) in [4.78, 5) is 9.09. The van der Waals surface area contributed by atoms with Gasteiger partial charge in [-0.25, -0.2) is 4.99 Å². The van der Waals surface area contributed by atoms with Crippen LogP contribution in [0.5, 0.6) is 0 Å². The third-order valence-electron chi connectivity index (χ3n) is 4.02. The van der Waals surface area contributed by atoms with Crippen molar-refractivity contribution in [3.63, 3.8) is 0 Å². The van der Waals surface area contributed by atoms with E-state index in [1.807, 2.05) is 25.1 Å². The van der Waals surface area contributed by atoms with Gasteiger partial charge in [-0.05, 0) is 38.1 Å². The van der Waals surface area contributed by atoms with Gasteiger partial charge in [-0.1, -0.05) is 29.8 Å². The molecule has 0 aliphatic carbocycles. The minimum atomic E-state index is 0.503. The Morgan fingerprint density at radius 3 is 2.75 bits per heavy atom. The fourth-order valence-electron chi connectivity index (χ4n) is 2.70. The average Bonchev–Trinajstić information content (AvgIpc) is 2.57. The van der Waals surface area contributed by atoms with Crippen LogP contribution in [0.25, 0.3) is 0 Å². The lowest BCUT2D eigenvalue weighted by atomic mass is 10.2. The van der Waals surface area contributed by atoms with Gasteiger partial charge < -0.3 is 16.0 Å². The number of guanidine groups is 1. The molecule has 0 saturated carbocycles. The van der Waals surface area contributed by atoms with Crippen LogP contribution in [0.2, 0.25) is 5.02 Å². The SMILES string of the molecule is C=C(C)CN=C(N)NCCCN1CCN(c2cccc(Cl)c2)CC1. The van der Waals surface area contributed by atoms with Crippen molar-refractivity contribution in [2.75, 3.05) is 50.7 Å². The molecule has 0 bridgehead atoms. The van der Waals surface area contributed by atoms with Crippen LogP contribution in [0.15, 0.2) is 41.4 Å². The Bertz CT molecular complexity index is 564. The minimum Gasteiger partial charge on any atom is -0.370 e. The quantitative estimate of drug-likeness (QED) is 0.343. The molecule has 0 aromatic heterocycles. The molecule has 0 spiro atoms. The monoisotopic (exact) mass is 349 g/mol. The summed E-state index contributed by atoms with van der Waals surface area (Å²) >= 11 is 6.07. The molecule has 0 radical (unpaired) electrons. The second-order valence-electron chi connectivity index (χ2n) is 6.25. The van der Waals surface area contributed by atoms with E-state index in [1.165, 1.54) is 5.69 Å². The molecule has 1 fully saturated rings. The van der Waals surface area contributed by atoms with E-state index in [9.17, 15) is 0 Å². The number of hydrogen-bond acceptors (Lipinski definition) is 3. The number of anilines is 1. The summed E-state index contributed by atoms with van der Waals surface area (Å²) in [6, 6.07) is 8.09. The molecule has 132 valence electrons. The molecular formula is C18H28ClN5. The van der Waals surface area contributed by atoms with Gasteiger partial charge in [0.05, 0.1) is 6.54 Å². The molecule has 3 N–H and O–H groups in total. The standard InChI is InChI=1S/C18H28ClN5/c1-15(2)14-22-18(20)21-7-4-8-23-9-11-24(12-10-23)17-6-3-5-16(19)13-17/h3,5-6,13H,1,4,7-12,14H2,2H3,(H3,20,21,22). The van der Waals surface area contributed by atoms with Gasteiger partial charge in [0.2, 0.25) is 0 Å². The highest BCUT2D eigenvalue weighted by atomic mass is 35.5. The zero-order valence-electron chi connectivity index (χ0n) is 14.5. The lowest BCUT2D eigenvalue weighted by molar-refractivity contribution is 0.255. The first-order valence-electron chi connectivity index (χ1n) is 8.45. The van der Waals surface area contributed by atoms with Crippen LogP contribution < -0.4 is 16.0 Å². The van der Waals surface area contributed by atoms with Crippen molar-refractivity contribution in [3.05, 3.63) is 41.4 Å². The number of benzene rings is 1. The fraction of sp³-hybridized carbons (Fsp3) is 0.500. The molecular weight excluding hydrogens is 322 g/mol. The van der Waals surface area contributed by atoms with Crippen LogP contribution in [0.3, 0.4) is 0 Å². The number of nitrogens with one attached hydrogen (secondary N) is 1. The van der Waals surface area contributed by atoms with E-state index < -0.39 is 0 Å². The maximum absolute atomic E-state index is 6.07. The lowest BCUT2D eigenvalue weighted by Crippen LogP contribution is -2.47. The van der Waals surface area contributed by atoms with E-state index in [0.29, 0.717) is 12.5 Å². The van der Waals surface area contributed by atoms with Gasteiger partial charge in [0.1, 0.15) is 0 Å². The van der Waals surface area contributed by atoms with Gasteiger partial charge in [0.15, 0.2) is 5.96 Å². The summed E-state index contributed by atoms with van der Waals surface area (Å²) in [7, 11) is 0. The van der Waals surface area contributed by atoms with E-state index in [4.69, 9.17) is 17.3 Å². The summed E-state index contributed by atoms with van der Waals surface area (Å²) < 4.78 is 0. The highest BCUT2D eigenvalue weighted by molar-refractivity contribution is 6.30. The second kappa shape index (κ2) is 9.55. The summed E-state index contributed by atoms with van der Waals surface area (Å²) in [5.74, 6) is 0.503. The highest BCUT2D eigenvalue weighted by Crippen LogP contribution is 2.20. The van der Waals surface area contributed by atoms with E-state index in [1.54, 1.807) is 0 Å². The summed E-state index contributed by atoms with van der Waals surface area (Å²) in [5, 5.41) is 3.95. The molecule has 1 saturated heterocycles. The van der Waals surface area contributed by atoms with Crippen LogP contribution in [0.4, 0.5) is 5.69 Å². The van der Waals surface area contributed by atoms with E-state index in [0.717, 1.165) is 56.3 Å². The normalized spacial score (nSPS) is 16.2. The van der Waals surface area contributed by atoms with E-state index >= 15 is 0 Å². The van der Waals surface area contributed by atoms with Crippen molar-refractivity contribution < 1.29 is 0 Å². The number of aliphatic imine (C=N–C) groups is 1. The van der Waals surface area contributed by atoms with Crippen molar-refractivity contribution in [3.8, 4) is 0 Å². The number of hydrogen-bond donors (Lipinski definition) is 2. The molecule has 6 heteroatoms. The molecule has 0 unspecified atom stereocenters. The Kier molecular flexibility index (Phi) is 7.40. The van der Waals surface area contributed by atoms with Crippen molar-refractivity contribution in [2.45, 2.75) is 13.3 Å². The van der Waals surface area contributed by atoms with Crippen molar-refractivity contribution in [2.24, 2.45) is 10.7 Å². The number of piperazine rings is 1. The van der Waals surface area contributed by atoms with Crippen LogP contribution in [0, 0.1) is 0 Å². The Morgan fingerprint density at radius 1 is 1.33 bits per heavy atom. The first-order chi connectivity index (χ1) is 11.5. The van der Waals surface area contributed by atoms with Crippen LogP contribution in [0.1, 0.15) is 13.3 Å². The maximum Gasteiger partial charge on any atom is 0.188 e. The summed E-state index contributed by atoms with van der Waals surface area (Å²) in [5.41, 5.74) is 8.03. The zero-order chi connectivity index (χ0) is 17.4. The maximum atomic E-state index is 6.07. The molecule has 1 aliphatic heterocycles. The van der Waals surface area contributed by atoms with E-state index in [2.05, 4.69) is 32.8 Å². The molecule has 1 aromatic carbocycles. The smallest absolute Gasteiger partial charge is 0.188 e. The predicted octanol–water partition coefficient (Wildman–Crippen LogP) is 2.33. The van der Waals surface area contributed by atoms with E-state index in [-0.39, 0.29) is 0 Å². The van der Waals surface area contributed by atoms with Crippen LogP contribution in [-0.4, -0.2) is 56.7 Å². The first kappa shape index (κ1) is 18.6. The molecule has 1 aromatic rings. The third kappa shape index (κ3) is 6.42. The number of halogens is 1. The topological polar surface area (TPSA) is 56.9 Å². The Hall–Kier alpha value is -1.72. The highest BCUT2D eigenvalue weighted by Gasteiger charge is 2.16. The molecule has 1 heterocycles. The van der Waals surface area contributed by atoms with Crippen molar-refractivity contribution in [1.82, 2.24) is 10.2 Å². The lowest BCUT2D eigenvalue weighted by Gasteiger charge is -2.36. The molecule has 24 heavy (non-hydrogen) atoms. The number of nitrogens with zero attached hydrogens (tertiary/aromatic N) is 3. The number of rotatable bonds is 7. The Labute approximate surface area is 150 Å². The number of nitrogens with two attached hydrogens (primary N) is 1. The Balaban J connectivity index is 1.63. The zero-order valence-corrected chi connectivity index (χ0v) is 15.2. The van der Waals surface area contributed by atoms with Gasteiger partial charge >= 0.3 is 0 Å². The Morgan fingerprint density at radius 2 is 2.08 bits per heavy atom. The van der Waals surface area contributed by atoms with Gasteiger partial charge in [-0.2, -0.15) is 0 Å². The largest absolute Gasteiger partial charge is 0.370 e. The molecule has 2 rings (SSSR count). The van der Waals surface area contributed by atoms with Crippen molar-refractivity contribution >= 4 is 23.2 Å². The van der Waals surface area contributed by atoms with Gasteiger partial charge in [-0.15, -0.1) is 0 Å². The molecule has 1 aliphatic rings.